The van der Waals surface area contributed by atoms with E-state index in [4.69, 9.17) is 20.2 Å². The molecule has 0 radical (unpaired) electrons. The van der Waals surface area contributed by atoms with Gasteiger partial charge in [0.2, 0.25) is 0 Å². The molecule has 0 saturated heterocycles. The molecule has 1 aliphatic carbocycles. The Morgan fingerprint density at radius 2 is 1.94 bits per heavy atom. The summed E-state index contributed by atoms with van der Waals surface area (Å²) in [7, 11) is 3.13. The third kappa shape index (κ3) is 4.00. The van der Waals surface area contributed by atoms with Crippen LogP contribution in [0.5, 0.6) is 11.5 Å². The van der Waals surface area contributed by atoms with Gasteiger partial charge in [0, 0.05) is 17.1 Å². The number of aromatic nitrogens is 1. The molecule has 0 spiro atoms. The molecule has 4 aromatic rings. The first-order chi connectivity index (χ1) is 16.1. The number of anilines is 2. The molecular formula is C26H25N3O3S. The number of benzene rings is 2. The number of hydrogen-bond donors (Lipinski definition) is 2. The summed E-state index contributed by atoms with van der Waals surface area (Å²) in [4.78, 5) is 19.3. The number of nitrogens with two attached hydrogens (primary N) is 1. The lowest BCUT2D eigenvalue weighted by molar-refractivity contribution is 0.103. The summed E-state index contributed by atoms with van der Waals surface area (Å²) in [6, 6.07) is 18.0. The summed E-state index contributed by atoms with van der Waals surface area (Å²) < 4.78 is 10.6. The minimum Gasteiger partial charge on any atom is -0.497 e. The number of nitrogen functional groups attached to an aromatic ring is 1. The van der Waals surface area contributed by atoms with Gasteiger partial charge in [-0.1, -0.05) is 30.3 Å². The van der Waals surface area contributed by atoms with E-state index in [2.05, 4.69) is 35.6 Å². The van der Waals surface area contributed by atoms with E-state index in [1.165, 1.54) is 22.5 Å². The largest absolute Gasteiger partial charge is 0.497 e. The van der Waals surface area contributed by atoms with Gasteiger partial charge in [0.15, 0.2) is 0 Å². The number of carbonyl (C=O) groups is 1. The molecule has 0 aliphatic heterocycles. The van der Waals surface area contributed by atoms with E-state index >= 15 is 0 Å². The number of nitrogens with zero attached hydrogens (tertiary/aromatic N) is 1. The molecule has 0 bridgehead atoms. The second kappa shape index (κ2) is 8.75. The van der Waals surface area contributed by atoms with E-state index in [9.17, 15) is 4.79 Å². The third-order valence-corrected chi connectivity index (χ3v) is 7.33. The number of thiophene rings is 1. The van der Waals surface area contributed by atoms with Crippen molar-refractivity contribution in [2.45, 2.75) is 25.2 Å². The van der Waals surface area contributed by atoms with E-state index < -0.39 is 0 Å². The monoisotopic (exact) mass is 459 g/mol. The Bertz CT molecular complexity index is 1330. The quantitative estimate of drug-likeness (QED) is 0.416. The average molecular weight is 460 g/mol. The molecule has 5 rings (SSSR count). The fraction of sp³-hybridized carbons (Fsp3) is 0.231. The lowest BCUT2D eigenvalue weighted by Gasteiger charge is -2.24. The Morgan fingerprint density at radius 3 is 2.70 bits per heavy atom. The number of pyridine rings is 1. The maximum absolute atomic E-state index is 13.1. The van der Waals surface area contributed by atoms with Gasteiger partial charge in [0.25, 0.3) is 5.91 Å². The number of hydrogen-bond acceptors (Lipinski definition) is 6. The van der Waals surface area contributed by atoms with Crippen LogP contribution < -0.4 is 20.5 Å². The molecule has 1 aliphatic rings. The third-order valence-electron chi connectivity index (χ3n) is 6.22. The number of rotatable bonds is 5. The van der Waals surface area contributed by atoms with E-state index in [1.54, 1.807) is 32.4 Å². The van der Waals surface area contributed by atoms with Crippen molar-refractivity contribution >= 4 is 38.8 Å². The number of ether oxygens (including phenoxy) is 2. The maximum Gasteiger partial charge on any atom is 0.268 e. The molecule has 33 heavy (non-hydrogen) atoms. The standard InChI is InChI=1S/C26H25N3O3S/c1-31-18-9-11-22(32-2)21(14-18)28-25(30)24-23(27)19-13-17-12-16(15-6-4-3-5-7-15)8-10-20(17)29-26(19)33-24/h3-7,9,11,13-14,16H,8,10,12,27H2,1-2H3,(H,28,30). The molecule has 2 heterocycles. The normalized spacial score (nSPS) is 15.2. The highest BCUT2D eigenvalue weighted by Crippen LogP contribution is 2.39. The lowest BCUT2D eigenvalue weighted by atomic mass is 9.82. The van der Waals surface area contributed by atoms with Gasteiger partial charge < -0.3 is 20.5 Å². The smallest absolute Gasteiger partial charge is 0.268 e. The topological polar surface area (TPSA) is 86.5 Å². The summed E-state index contributed by atoms with van der Waals surface area (Å²) in [6.07, 6.45) is 2.92. The maximum atomic E-state index is 13.1. The van der Waals surface area contributed by atoms with Crippen molar-refractivity contribution in [3.63, 3.8) is 0 Å². The van der Waals surface area contributed by atoms with Gasteiger partial charge in [0.1, 0.15) is 21.2 Å². The van der Waals surface area contributed by atoms with Gasteiger partial charge in [-0.05, 0) is 54.5 Å². The van der Waals surface area contributed by atoms with Crippen molar-refractivity contribution in [1.82, 2.24) is 4.98 Å². The Hall–Kier alpha value is -3.58. The second-order valence-electron chi connectivity index (χ2n) is 8.16. The zero-order valence-corrected chi connectivity index (χ0v) is 19.4. The van der Waals surface area contributed by atoms with E-state index in [0.717, 1.165) is 35.2 Å². The van der Waals surface area contributed by atoms with E-state index in [1.807, 2.05) is 6.07 Å². The number of carbonyl (C=O) groups excluding carboxylic acids is 1. The van der Waals surface area contributed by atoms with Crippen LogP contribution in [0, 0.1) is 0 Å². The number of aryl methyl sites for hydroxylation is 1. The average Bonchev–Trinajstić information content (AvgIpc) is 3.18. The second-order valence-corrected chi connectivity index (χ2v) is 9.16. The lowest BCUT2D eigenvalue weighted by Crippen LogP contribution is -2.14. The number of amides is 1. The van der Waals surface area contributed by atoms with Crippen LogP contribution in [-0.2, 0) is 12.8 Å². The molecular weight excluding hydrogens is 434 g/mol. The van der Waals surface area contributed by atoms with Crippen LogP contribution in [0.15, 0.2) is 54.6 Å². The molecule has 6 nitrogen and oxygen atoms in total. The summed E-state index contributed by atoms with van der Waals surface area (Å²) in [5.74, 6) is 1.35. The highest BCUT2D eigenvalue weighted by molar-refractivity contribution is 7.21. The van der Waals surface area contributed by atoms with Crippen molar-refractivity contribution < 1.29 is 14.3 Å². The van der Waals surface area contributed by atoms with E-state index in [-0.39, 0.29) is 5.91 Å². The van der Waals surface area contributed by atoms with Crippen molar-refractivity contribution in [2.24, 2.45) is 0 Å². The molecule has 7 heteroatoms. The Kier molecular flexibility index (Phi) is 5.64. The summed E-state index contributed by atoms with van der Waals surface area (Å²) in [5.41, 5.74) is 11.1. The fourth-order valence-corrected chi connectivity index (χ4v) is 5.45. The molecule has 0 saturated carbocycles. The Morgan fingerprint density at radius 1 is 1.12 bits per heavy atom. The molecule has 1 amide bonds. The van der Waals surface area contributed by atoms with Crippen LogP contribution >= 0.6 is 11.3 Å². The predicted octanol–water partition coefficient (Wildman–Crippen LogP) is 5.42. The molecule has 1 atom stereocenters. The highest BCUT2D eigenvalue weighted by atomic mass is 32.1. The number of methoxy groups -OCH3 is 2. The molecule has 168 valence electrons. The molecule has 2 aromatic heterocycles. The zero-order chi connectivity index (χ0) is 22.9. The van der Waals surface area contributed by atoms with Gasteiger partial charge in [0.05, 0.1) is 25.6 Å². The molecule has 1 unspecified atom stereocenters. The first kappa shape index (κ1) is 21.3. The first-order valence-electron chi connectivity index (χ1n) is 10.9. The van der Waals surface area contributed by atoms with Crippen molar-refractivity contribution in [2.75, 3.05) is 25.3 Å². The minimum absolute atomic E-state index is 0.290. The van der Waals surface area contributed by atoms with Crippen LogP contribution in [0.1, 0.15) is 38.8 Å². The minimum atomic E-state index is -0.290. The summed E-state index contributed by atoms with van der Waals surface area (Å²) in [6.45, 7) is 0. The highest BCUT2D eigenvalue weighted by Gasteiger charge is 2.25. The Labute approximate surface area is 196 Å². The van der Waals surface area contributed by atoms with Crippen LogP contribution in [0.2, 0.25) is 0 Å². The van der Waals surface area contributed by atoms with Crippen molar-refractivity contribution in [3.8, 4) is 11.5 Å². The van der Waals surface area contributed by atoms with Crippen LogP contribution in [-0.4, -0.2) is 25.1 Å². The van der Waals surface area contributed by atoms with Crippen molar-refractivity contribution in [3.05, 3.63) is 76.3 Å². The first-order valence-corrected chi connectivity index (χ1v) is 11.7. The van der Waals surface area contributed by atoms with Gasteiger partial charge in [-0.15, -0.1) is 11.3 Å². The van der Waals surface area contributed by atoms with Crippen LogP contribution in [0.4, 0.5) is 11.4 Å². The SMILES string of the molecule is COc1ccc(OC)c(NC(=O)c2sc3nc4c(cc3c2N)CC(c2ccccc2)CC4)c1. The van der Waals surface area contributed by atoms with Gasteiger partial charge in [-0.2, -0.15) is 0 Å². The van der Waals surface area contributed by atoms with Crippen LogP contribution in [0.3, 0.4) is 0 Å². The van der Waals surface area contributed by atoms with Crippen LogP contribution in [0.25, 0.3) is 10.2 Å². The Balaban J connectivity index is 1.45. The summed E-state index contributed by atoms with van der Waals surface area (Å²) in [5, 5.41) is 3.75. The number of nitrogens with one attached hydrogen (secondary N) is 1. The zero-order valence-electron chi connectivity index (χ0n) is 18.6. The molecule has 0 fully saturated rings. The van der Waals surface area contributed by atoms with E-state index in [0.29, 0.717) is 33.7 Å². The van der Waals surface area contributed by atoms with Gasteiger partial charge >= 0.3 is 0 Å². The van der Waals surface area contributed by atoms with Crippen molar-refractivity contribution in [1.29, 1.82) is 0 Å². The summed E-state index contributed by atoms with van der Waals surface area (Å²) >= 11 is 1.32. The molecule has 3 N–H and O–H groups in total. The van der Waals surface area contributed by atoms with Gasteiger partial charge in [-0.25, -0.2) is 4.98 Å². The molecule has 2 aromatic carbocycles. The number of fused-ring (bicyclic) bond motifs is 2. The fourth-order valence-electron chi connectivity index (χ4n) is 4.46. The van der Waals surface area contributed by atoms with Gasteiger partial charge in [-0.3, -0.25) is 4.79 Å². The predicted molar refractivity (Wildman–Crippen MR) is 133 cm³/mol.